The molecule has 0 atom stereocenters. The number of benzene rings is 3. The van der Waals surface area contributed by atoms with Crippen molar-refractivity contribution >= 4 is 22.7 Å². The van der Waals surface area contributed by atoms with Gasteiger partial charge < -0.3 is 9.47 Å². The second-order valence-corrected chi connectivity index (χ2v) is 8.38. The number of hydrogen-bond donors (Lipinski definition) is 0. The molecule has 0 aliphatic carbocycles. The van der Waals surface area contributed by atoms with Gasteiger partial charge in [-0.3, -0.25) is 9.36 Å². The molecule has 1 aliphatic rings. The summed E-state index contributed by atoms with van der Waals surface area (Å²) in [6.07, 6.45) is -4.46. The number of fused-ring (bicyclic) bond motifs is 2. The van der Waals surface area contributed by atoms with E-state index in [9.17, 15) is 18.0 Å². The maximum absolute atomic E-state index is 13.4. The van der Waals surface area contributed by atoms with Crippen molar-refractivity contribution in [3.05, 3.63) is 93.8 Å². The fraction of sp³-hybridized carbons (Fsp3) is 0.167. The maximum Gasteiger partial charge on any atom is 0.416 e. The lowest BCUT2D eigenvalue weighted by Gasteiger charge is -2.15. The lowest BCUT2D eigenvalue weighted by Crippen LogP contribution is -2.24. The lowest BCUT2D eigenvalue weighted by molar-refractivity contribution is -0.138. The number of thioether (sulfide) groups is 1. The molecule has 2 heterocycles. The van der Waals surface area contributed by atoms with E-state index in [0.717, 1.165) is 23.4 Å². The van der Waals surface area contributed by atoms with Gasteiger partial charge in [-0.05, 0) is 41.5 Å². The molecule has 0 amide bonds. The Balaban J connectivity index is 1.54. The van der Waals surface area contributed by atoms with Crippen LogP contribution in [0.5, 0.6) is 11.5 Å². The highest BCUT2D eigenvalue weighted by Crippen LogP contribution is 2.35. The van der Waals surface area contributed by atoms with Gasteiger partial charge in [0.05, 0.1) is 23.0 Å². The van der Waals surface area contributed by atoms with E-state index < -0.39 is 11.7 Å². The molecule has 9 heteroatoms. The summed E-state index contributed by atoms with van der Waals surface area (Å²) in [7, 11) is 0. The smallest absolute Gasteiger partial charge is 0.416 e. The van der Waals surface area contributed by atoms with E-state index in [2.05, 4.69) is 4.98 Å². The highest BCUT2D eigenvalue weighted by molar-refractivity contribution is 7.98. The largest absolute Gasteiger partial charge is 0.454 e. The molecule has 0 fully saturated rings. The van der Waals surface area contributed by atoms with E-state index in [1.165, 1.54) is 16.7 Å². The van der Waals surface area contributed by atoms with Gasteiger partial charge in [-0.25, -0.2) is 4.98 Å². The molecular weight excluding hydrogens is 453 g/mol. The number of ether oxygens (including phenoxy) is 2. The highest BCUT2D eigenvalue weighted by atomic mass is 32.2. The second kappa shape index (κ2) is 8.47. The van der Waals surface area contributed by atoms with Gasteiger partial charge in [-0.1, -0.05) is 48.2 Å². The Morgan fingerprint density at radius 2 is 1.73 bits per heavy atom. The molecule has 1 aromatic heterocycles. The number of alkyl halides is 3. The monoisotopic (exact) mass is 470 g/mol. The summed E-state index contributed by atoms with van der Waals surface area (Å²) in [5.74, 6) is 1.23. The van der Waals surface area contributed by atoms with Crippen molar-refractivity contribution in [1.29, 1.82) is 0 Å². The molecule has 0 radical (unpaired) electrons. The van der Waals surface area contributed by atoms with Crippen LogP contribution in [0, 0.1) is 0 Å². The van der Waals surface area contributed by atoms with Crippen molar-refractivity contribution < 1.29 is 22.6 Å². The van der Waals surface area contributed by atoms with E-state index in [0.29, 0.717) is 27.6 Å². The Kier molecular flexibility index (Phi) is 5.49. The Morgan fingerprint density at radius 3 is 2.58 bits per heavy atom. The average Bonchev–Trinajstić information content (AvgIpc) is 3.27. The van der Waals surface area contributed by atoms with Crippen molar-refractivity contribution in [2.24, 2.45) is 0 Å². The molecule has 0 saturated heterocycles. The first-order chi connectivity index (χ1) is 15.9. The first-order valence-electron chi connectivity index (χ1n) is 10.1. The number of aromatic nitrogens is 2. The van der Waals surface area contributed by atoms with Crippen LogP contribution in [-0.2, 0) is 18.5 Å². The lowest BCUT2D eigenvalue weighted by atomic mass is 10.1. The molecule has 0 N–H and O–H groups in total. The zero-order valence-corrected chi connectivity index (χ0v) is 17.9. The van der Waals surface area contributed by atoms with Crippen molar-refractivity contribution in [2.75, 3.05) is 6.79 Å². The summed E-state index contributed by atoms with van der Waals surface area (Å²) < 4.78 is 52.5. The molecule has 0 saturated carbocycles. The molecule has 5 rings (SSSR count). The van der Waals surface area contributed by atoms with Crippen LogP contribution in [0.2, 0.25) is 0 Å². The summed E-state index contributed by atoms with van der Waals surface area (Å²) in [5.41, 5.74) is 0.465. The SMILES string of the molecule is O=c1c2ccccc2nc(SCc2ccccc2C(F)(F)F)n1Cc1ccc2c(c1)OCO2. The van der Waals surface area contributed by atoms with Crippen LogP contribution < -0.4 is 15.0 Å². The summed E-state index contributed by atoms with van der Waals surface area (Å²) in [6.45, 7) is 0.326. The fourth-order valence-corrected chi connectivity index (χ4v) is 4.69. The third kappa shape index (κ3) is 4.28. The van der Waals surface area contributed by atoms with E-state index in [-0.39, 0.29) is 30.2 Å². The van der Waals surface area contributed by atoms with Gasteiger partial charge in [0.1, 0.15) is 0 Å². The zero-order valence-electron chi connectivity index (χ0n) is 17.1. The standard InChI is InChI=1S/C24H17F3N2O3S/c25-24(26,27)18-7-3-1-5-16(18)13-33-23-28-19-8-4-2-6-17(19)22(30)29(23)12-15-9-10-20-21(11-15)32-14-31-20/h1-11H,12-14H2. The maximum atomic E-state index is 13.4. The number of rotatable bonds is 5. The van der Waals surface area contributed by atoms with E-state index >= 15 is 0 Å². The van der Waals surface area contributed by atoms with Gasteiger partial charge >= 0.3 is 6.18 Å². The van der Waals surface area contributed by atoms with Crippen LogP contribution in [0.25, 0.3) is 10.9 Å². The summed E-state index contributed by atoms with van der Waals surface area (Å²) in [5, 5.41) is 0.784. The molecule has 0 bridgehead atoms. The van der Waals surface area contributed by atoms with Crippen LogP contribution in [0.3, 0.4) is 0 Å². The Morgan fingerprint density at radius 1 is 0.970 bits per heavy atom. The van der Waals surface area contributed by atoms with Gasteiger partial charge in [0.25, 0.3) is 5.56 Å². The van der Waals surface area contributed by atoms with Crippen molar-refractivity contribution in [2.45, 2.75) is 23.6 Å². The minimum absolute atomic E-state index is 0.0155. The normalized spacial score (nSPS) is 12.9. The molecular formula is C24H17F3N2O3S. The van der Waals surface area contributed by atoms with Gasteiger partial charge in [0, 0.05) is 5.75 Å². The molecule has 33 heavy (non-hydrogen) atoms. The van der Waals surface area contributed by atoms with Crippen LogP contribution in [0.1, 0.15) is 16.7 Å². The van der Waals surface area contributed by atoms with Gasteiger partial charge in [0.2, 0.25) is 6.79 Å². The van der Waals surface area contributed by atoms with Gasteiger partial charge in [-0.2, -0.15) is 13.2 Å². The third-order valence-corrected chi connectivity index (χ3v) is 6.31. The molecule has 1 aliphatic heterocycles. The van der Waals surface area contributed by atoms with Gasteiger partial charge in [-0.15, -0.1) is 0 Å². The Labute approximate surface area is 190 Å². The predicted molar refractivity (Wildman–Crippen MR) is 119 cm³/mol. The first kappa shape index (κ1) is 21.4. The van der Waals surface area contributed by atoms with Crippen LogP contribution in [0.15, 0.2) is 76.7 Å². The minimum Gasteiger partial charge on any atom is -0.454 e. The van der Waals surface area contributed by atoms with Crippen LogP contribution in [0.4, 0.5) is 13.2 Å². The van der Waals surface area contributed by atoms with Gasteiger partial charge in [0.15, 0.2) is 16.7 Å². The minimum atomic E-state index is -4.46. The first-order valence-corrected chi connectivity index (χ1v) is 11.0. The summed E-state index contributed by atoms with van der Waals surface area (Å²) in [4.78, 5) is 17.9. The highest BCUT2D eigenvalue weighted by Gasteiger charge is 2.33. The van der Waals surface area contributed by atoms with E-state index in [1.807, 2.05) is 6.07 Å². The Hall–Kier alpha value is -3.46. The number of para-hydroxylation sites is 1. The molecule has 0 spiro atoms. The quantitative estimate of drug-likeness (QED) is 0.285. The topological polar surface area (TPSA) is 53.4 Å². The zero-order chi connectivity index (χ0) is 23.0. The summed E-state index contributed by atoms with van der Waals surface area (Å²) >= 11 is 1.10. The number of hydrogen-bond acceptors (Lipinski definition) is 5. The van der Waals surface area contributed by atoms with Crippen LogP contribution in [-0.4, -0.2) is 16.3 Å². The summed E-state index contributed by atoms with van der Waals surface area (Å²) in [6, 6.07) is 17.7. The van der Waals surface area contributed by atoms with Crippen molar-refractivity contribution in [3.8, 4) is 11.5 Å². The molecule has 0 unspecified atom stereocenters. The molecule has 5 nitrogen and oxygen atoms in total. The second-order valence-electron chi connectivity index (χ2n) is 7.43. The number of halogens is 3. The number of nitrogens with zero attached hydrogens (tertiary/aromatic N) is 2. The molecule has 3 aromatic carbocycles. The molecule has 168 valence electrons. The van der Waals surface area contributed by atoms with E-state index in [1.54, 1.807) is 42.5 Å². The fourth-order valence-electron chi connectivity index (χ4n) is 3.68. The third-order valence-electron chi connectivity index (χ3n) is 5.28. The van der Waals surface area contributed by atoms with Crippen molar-refractivity contribution in [3.63, 3.8) is 0 Å². The van der Waals surface area contributed by atoms with E-state index in [4.69, 9.17) is 9.47 Å². The Bertz CT molecular complexity index is 1400. The predicted octanol–water partition coefficient (Wildman–Crippen LogP) is 5.48. The average molecular weight is 470 g/mol. The van der Waals surface area contributed by atoms with Crippen molar-refractivity contribution in [1.82, 2.24) is 9.55 Å². The van der Waals surface area contributed by atoms with Crippen LogP contribution >= 0.6 is 11.8 Å². The molecule has 4 aromatic rings.